The summed E-state index contributed by atoms with van der Waals surface area (Å²) >= 11 is 0. The third-order valence-corrected chi connectivity index (χ3v) is 23.9. The molecule has 0 aliphatic carbocycles. The van der Waals surface area contributed by atoms with Crippen LogP contribution in [0.3, 0.4) is 0 Å². The number of para-hydroxylation sites is 6. The molecule has 5 heteroatoms. The molecule has 4 aliphatic heterocycles. The largest absolute Gasteiger partial charge is 0.310 e. The third kappa shape index (κ3) is 9.80. The first-order valence-electron chi connectivity index (χ1n) is 38.3. The number of benzene rings is 17. The van der Waals surface area contributed by atoms with Crippen LogP contribution in [-0.4, -0.2) is 15.8 Å². The molecule has 4 nitrogen and oxygen atoms in total. The van der Waals surface area contributed by atoms with Crippen molar-refractivity contribution in [1.82, 2.24) is 9.13 Å². The SMILES string of the molecule is CC1(C)c2ccc(cc2)-c2cc(-c3ccccc3)cc(-c3ccccc3)c2N2c3cc(-c4cccc5c6ccccc6n(-c6ccccc6)c45)ccc3B3c4ccc(-c5cccc6c7ccccc7n(-c7ccccc7)c56)cc4N(c4c(-c5ccccc5)cc(-c5ccccc5)cc4-c4ccccc4)c4cc1cc2c43. The minimum atomic E-state index is -0.530. The zero-order chi connectivity index (χ0) is 72.7. The molecule has 0 radical (unpaired) electrons. The summed E-state index contributed by atoms with van der Waals surface area (Å²) in [6.45, 7) is 4.61. The van der Waals surface area contributed by atoms with E-state index in [-0.39, 0.29) is 6.71 Å². The van der Waals surface area contributed by atoms with Crippen molar-refractivity contribution < 1.29 is 0 Å². The van der Waals surface area contributed by atoms with Crippen molar-refractivity contribution >= 4 is 101 Å². The summed E-state index contributed by atoms with van der Waals surface area (Å²) in [5, 5.41) is 4.86. The van der Waals surface area contributed by atoms with Gasteiger partial charge < -0.3 is 18.9 Å². The molecular formula is C105H71BN4. The molecule has 0 unspecified atom stereocenters. The van der Waals surface area contributed by atoms with Crippen LogP contribution in [0.5, 0.6) is 0 Å². The fourth-order valence-electron chi connectivity index (χ4n) is 18.7. The van der Waals surface area contributed by atoms with Gasteiger partial charge in [-0.2, -0.15) is 0 Å². The van der Waals surface area contributed by atoms with Crippen molar-refractivity contribution in [3.8, 4) is 100 Å². The molecule has 0 amide bonds. The summed E-state index contributed by atoms with van der Waals surface area (Å²) in [5.74, 6) is 0. The molecule has 110 heavy (non-hydrogen) atoms. The van der Waals surface area contributed by atoms with Gasteiger partial charge in [0, 0.05) is 94.5 Å². The maximum atomic E-state index is 2.74. The lowest BCUT2D eigenvalue weighted by atomic mass is 9.33. The predicted molar refractivity (Wildman–Crippen MR) is 465 cm³/mol. The Morgan fingerprint density at radius 1 is 0.227 bits per heavy atom. The Morgan fingerprint density at radius 3 is 0.945 bits per heavy atom. The van der Waals surface area contributed by atoms with Crippen molar-refractivity contribution in [2.24, 2.45) is 0 Å². The van der Waals surface area contributed by atoms with E-state index in [4.69, 9.17) is 0 Å². The van der Waals surface area contributed by atoms with E-state index in [1.54, 1.807) is 0 Å². The van der Waals surface area contributed by atoms with Crippen molar-refractivity contribution in [3.63, 3.8) is 0 Å². The summed E-state index contributed by atoms with van der Waals surface area (Å²) in [7, 11) is 0. The van der Waals surface area contributed by atoms with Gasteiger partial charge >= 0.3 is 0 Å². The van der Waals surface area contributed by atoms with Crippen molar-refractivity contribution in [2.45, 2.75) is 19.3 Å². The Kier molecular flexibility index (Phi) is 14.4. The second kappa shape index (κ2) is 25.1. The lowest BCUT2D eigenvalue weighted by molar-refractivity contribution is 0.641. The third-order valence-electron chi connectivity index (χ3n) is 23.9. The number of hydrogen-bond acceptors (Lipinski definition) is 2. The highest BCUT2D eigenvalue weighted by molar-refractivity contribution is 7.00. The van der Waals surface area contributed by atoms with Gasteiger partial charge in [0.15, 0.2) is 0 Å². The van der Waals surface area contributed by atoms with E-state index in [1.807, 2.05) is 0 Å². The van der Waals surface area contributed by atoms with E-state index >= 15 is 0 Å². The Balaban J connectivity index is 0.917. The van der Waals surface area contributed by atoms with Crippen LogP contribution in [-0.2, 0) is 5.41 Å². The van der Waals surface area contributed by atoms with E-state index in [0.717, 1.165) is 135 Å². The smallest absolute Gasteiger partial charge is 0.252 e. The Bertz CT molecular complexity index is 6830. The van der Waals surface area contributed by atoms with Gasteiger partial charge in [0.1, 0.15) is 0 Å². The Morgan fingerprint density at radius 2 is 0.555 bits per heavy atom. The summed E-state index contributed by atoms with van der Waals surface area (Å²) < 4.78 is 4.98. The first-order valence-corrected chi connectivity index (χ1v) is 38.3. The summed E-state index contributed by atoms with van der Waals surface area (Å²) in [6.07, 6.45) is 0. The maximum absolute atomic E-state index is 2.74. The quantitative estimate of drug-likeness (QED) is 0.127. The zero-order valence-corrected chi connectivity index (χ0v) is 60.9. The van der Waals surface area contributed by atoms with Crippen LogP contribution < -0.4 is 26.2 Å². The second-order valence-corrected chi connectivity index (χ2v) is 30.2. The molecule has 514 valence electrons. The van der Waals surface area contributed by atoms with Gasteiger partial charge in [-0.15, -0.1) is 0 Å². The average molecular weight is 1400 g/mol. The molecule has 0 fully saturated rings. The first-order chi connectivity index (χ1) is 54.4. The van der Waals surface area contributed by atoms with E-state index in [2.05, 4.69) is 427 Å². The normalized spacial score (nSPS) is 13.0. The van der Waals surface area contributed by atoms with E-state index in [1.165, 1.54) is 71.1 Å². The number of anilines is 6. The van der Waals surface area contributed by atoms with Gasteiger partial charge in [-0.25, -0.2) is 0 Å². The van der Waals surface area contributed by atoms with Gasteiger partial charge in [0.05, 0.1) is 33.4 Å². The molecular weight excluding hydrogens is 1330 g/mol. The van der Waals surface area contributed by atoms with Crippen LogP contribution in [0, 0.1) is 0 Å². The number of aromatic nitrogens is 2. The molecule has 0 saturated heterocycles. The number of nitrogens with zero attached hydrogens (tertiary/aromatic N) is 4. The van der Waals surface area contributed by atoms with E-state index < -0.39 is 5.41 Å². The van der Waals surface area contributed by atoms with Crippen LogP contribution in [0.2, 0.25) is 0 Å². The molecule has 6 heterocycles. The molecule has 2 aromatic heterocycles. The fourth-order valence-corrected chi connectivity index (χ4v) is 18.7. The van der Waals surface area contributed by atoms with Crippen LogP contribution >= 0.6 is 0 Å². The fraction of sp³-hybridized carbons (Fsp3) is 0.0286. The molecule has 4 aliphatic rings. The number of rotatable bonds is 10. The monoisotopic (exact) mass is 1400 g/mol. The molecule has 0 spiro atoms. The van der Waals surface area contributed by atoms with Gasteiger partial charge in [-0.1, -0.05) is 323 Å². The van der Waals surface area contributed by atoms with E-state index in [9.17, 15) is 0 Å². The minimum absolute atomic E-state index is 0.273. The van der Waals surface area contributed by atoms with Crippen LogP contribution in [0.25, 0.3) is 144 Å². The van der Waals surface area contributed by atoms with Crippen molar-refractivity contribution in [3.05, 3.63) is 405 Å². The lowest BCUT2D eigenvalue weighted by Gasteiger charge is -2.46. The van der Waals surface area contributed by atoms with Gasteiger partial charge in [-0.3, -0.25) is 0 Å². The van der Waals surface area contributed by atoms with Crippen molar-refractivity contribution in [2.75, 3.05) is 9.80 Å². The van der Waals surface area contributed by atoms with Crippen molar-refractivity contribution in [1.29, 1.82) is 0 Å². The molecule has 23 rings (SSSR count). The lowest BCUT2D eigenvalue weighted by Crippen LogP contribution is -2.61. The minimum Gasteiger partial charge on any atom is -0.310 e. The summed E-state index contributed by atoms with van der Waals surface area (Å²) in [5.41, 5.74) is 37.5. The molecule has 17 aromatic carbocycles. The Labute approximate surface area is 640 Å². The van der Waals surface area contributed by atoms with Gasteiger partial charge in [0.2, 0.25) is 0 Å². The van der Waals surface area contributed by atoms with Crippen LogP contribution in [0.4, 0.5) is 34.1 Å². The highest BCUT2D eigenvalue weighted by atomic mass is 15.2. The standard InChI is InChI=1S/C105H71BN4/c1-105(2)78-56-52-73(53-57-78)91-63-77(69-32-12-4-13-33-69)62-90(72-38-18-7-19-39-72)104(91)110-97-65-75(83-47-29-49-87-85-45-25-27-51-95(85)108(102(83)87)81-42-22-9-23-43-81)55-59-93(97)106-92-58-54-74(82-46-28-48-86-84-44-24-26-50-94(84)107(101(82)86)80-40-20-8-21-41-80)64-96(92)109(98-66-79(105)67-99(110)100(98)106)103-88(70-34-14-5-15-35-70)60-76(68-30-10-3-11-31-68)61-89(103)71-36-16-6-17-37-71/h3-67H,1-2H3. The second-order valence-electron chi connectivity index (χ2n) is 30.2. The highest BCUT2D eigenvalue weighted by Gasteiger charge is 2.47. The maximum Gasteiger partial charge on any atom is 0.252 e. The van der Waals surface area contributed by atoms with Crippen LogP contribution in [0.1, 0.15) is 25.0 Å². The van der Waals surface area contributed by atoms with Gasteiger partial charge in [0.25, 0.3) is 6.71 Å². The zero-order valence-electron chi connectivity index (χ0n) is 60.9. The molecule has 19 aromatic rings. The van der Waals surface area contributed by atoms with Crippen LogP contribution in [0.15, 0.2) is 394 Å². The average Bonchev–Trinajstić information content (AvgIpc) is 1.01. The summed E-state index contributed by atoms with van der Waals surface area (Å²) in [6, 6.07) is 149. The molecule has 0 N–H and O–H groups in total. The van der Waals surface area contributed by atoms with Gasteiger partial charge in [-0.05, 0) is 168 Å². The molecule has 4 bridgehead atoms. The number of hydrogen-bond donors (Lipinski definition) is 0. The number of fused-ring (bicyclic) bond motifs is 12. The summed E-state index contributed by atoms with van der Waals surface area (Å²) in [4.78, 5) is 5.47. The molecule has 0 atom stereocenters. The first kappa shape index (κ1) is 63.3. The highest BCUT2D eigenvalue weighted by Crippen LogP contribution is 2.57. The predicted octanol–water partition coefficient (Wildman–Crippen LogP) is 25.9. The Hall–Kier alpha value is -14.0. The topological polar surface area (TPSA) is 16.3 Å². The molecule has 0 saturated carbocycles. The van der Waals surface area contributed by atoms with E-state index in [0.29, 0.717) is 0 Å².